The maximum Gasteiger partial charge on any atom is 0.251 e. The van der Waals surface area contributed by atoms with Crippen molar-refractivity contribution < 1.29 is 9.90 Å². The molecule has 4 nitrogen and oxygen atoms in total. The van der Waals surface area contributed by atoms with Gasteiger partial charge in [-0.25, -0.2) is 0 Å². The molecule has 1 saturated heterocycles. The number of aliphatic hydroxyl groups excluding tert-OH is 1. The van der Waals surface area contributed by atoms with Gasteiger partial charge in [0.15, 0.2) is 0 Å². The summed E-state index contributed by atoms with van der Waals surface area (Å²) < 4.78 is 0. The van der Waals surface area contributed by atoms with Crippen molar-refractivity contribution in [3.63, 3.8) is 0 Å². The molecule has 2 N–H and O–H groups in total. The second-order valence-electron chi connectivity index (χ2n) is 7.31. The molecule has 1 aromatic rings. The quantitative estimate of drug-likeness (QED) is 0.870. The van der Waals surface area contributed by atoms with Gasteiger partial charge >= 0.3 is 0 Å². The molecule has 1 aliphatic heterocycles. The highest BCUT2D eigenvalue weighted by molar-refractivity contribution is 5.94. The largest absolute Gasteiger partial charge is 0.393 e. The van der Waals surface area contributed by atoms with Crippen LogP contribution < -0.4 is 10.2 Å². The summed E-state index contributed by atoms with van der Waals surface area (Å²) in [7, 11) is 0. The zero-order chi connectivity index (χ0) is 16.8. The second-order valence-corrected chi connectivity index (χ2v) is 7.31. The van der Waals surface area contributed by atoms with Crippen LogP contribution in [0, 0.1) is 5.92 Å². The Balaban J connectivity index is 1.45. The van der Waals surface area contributed by atoms with E-state index in [1.165, 1.54) is 32.1 Å². The summed E-state index contributed by atoms with van der Waals surface area (Å²) in [5.74, 6) is 0.835. The predicted octanol–water partition coefficient (Wildman–Crippen LogP) is 3.35. The Kier molecular flexibility index (Phi) is 6.13. The smallest absolute Gasteiger partial charge is 0.251 e. The van der Waals surface area contributed by atoms with Crippen molar-refractivity contribution in [1.82, 2.24) is 5.32 Å². The van der Waals surface area contributed by atoms with Crippen molar-refractivity contribution in [3.8, 4) is 0 Å². The third-order valence-corrected chi connectivity index (χ3v) is 5.52. The van der Waals surface area contributed by atoms with E-state index >= 15 is 0 Å². The fourth-order valence-corrected chi connectivity index (χ4v) is 3.92. The van der Waals surface area contributed by atoms with E-state index in [9.17, 15) is 9.90 Å². The van der Waals surface area contributed by atoms with Crippen LogP contribution in [0.3, 0.4) is 0 Å². The average molecular weight is 330 g/mol. The summed E-state index contributed by atoms with van der Waals surface area (Å²) in [6.07, 6.45) is 9.35. The number of rotatable bonds is 5. The first-order valence-corrected chi connectivity index (χ1v) is 9.53. The van der Waals surface area contributed by atoms with E-state index in [1.54, 1.807) is 0 Å². The molecule has 24 heavy (non-hydrogen) atoms. The Hall–Kier alpha value is -1.55. The number of anilines is 1. The van der Waals surface area contributed by atoms with Crippen LogP contribution in [0.4, 0.5) is 5.69 Å². The highest BCUT2D eigenvalue weighted by Gasteiger charge is 2.17. The molecular weight excluding hydrogens is 300 g/mol. The van der Waals surface area contributed by atoms with Gasteiger partial charge in [0, 0.05) is 30.9 Å². The topological polar surface area (TPSA) is 52.6 Å². The number of carbonyl (C=O) groups excluding carboxylic acids is 1. The van der Waals surface area contributed by atoms with Crippen LogP contribution in [-0.4, -0.2) is 36.8 Å². The van der Waals surface area contributed by atoms with Crippen LogP contribution in [0.25, 0.3) is 0 Å². The summed E-state index contributed by atoms with van der Waals surface area (Å²) in [4.78, 5) is 14.5. The average Bonchev–Trinajstić information content (AvgIpc) is 2.63. The molecule has 2 aliphatic rings. The molecule has 1 aliphatic carbocycles. The van der Waals surface area contributed by atoms with Crippen LogP contribution in [0.5, 0.6) is 0 Å². The number of piperidine rings is 1. The molecule has 0 unspecified atom stereocenters. The number of nitrogens with one attached hydrogen (secondary N) is 1. The lowest BCUT2D eigenvalue weighted by Crippen LogP contribution is -2.35. The number of benzene rings is 1. The van der Waals surface area contributed by atoms with Gasteiger partial charge in [-0.05, 0) is 49.4 Å². The lowest BCUT2D eigenvalue weighted by Gasteiger charge is -2.31. The van der Waals surface area contributed by atoms with Crippen LogP contribution in [0.1, 0.15) is 61.7 Å². The summed E-state index contributed by atoms with van der Waals surface area (Å²) in [6.45, 7) is 2.55. The minimum atomic E-state index is -0.157. The van der Waals surface area contributed by atoms with Gasteiger partial charge in [0.2, 0.25) is 0 Å². The number of hydrogen-bond donors (Lipinski definition) is 2. The number of hydrogen-bond acceptors (Lipinski definition) is 3. The van der Waals surface area contributed by atoms with E-state index in [-0.39, 0.29) is 12.0 Å². The van der Waals surface area contributed by atoms with Crippen LogP contribution in [0.2, 0.25) is 0 Å². The molecule has 1 amide bonds. The zero-order valence-electron chi connectivity index (χ0n) is 14.5. The fraction of sp³-hybridized carbons (Fsp3) is 0.650. The van der Waals surface area contributed by atoms with Crippen molar-refractivity contribution in [2.24, 2.45) is 5.92 Å². The van der Waals surface area contributed by atoms with Gasteiger partial charge in [-0.3, -0.25) is 4.79 Å². The Morgan fingerprint density at radius 3 is 2.38 bits per heavy atom. The van der Waals surface area contributed by atoms with Gasteiger partial charge < -0.3 is 15.3 Å². The Morgan fingerprint density at radius 1 is 1.04 bits per heavy atom. The molecule has 0 radical (unpaired) electrons. The molecule has 1 saturated carbocycles. The van der Waals surface area contributed by atoms with Gasteiger partial charge in [-0.1, -0.05) is 32.1 Å². The summed E-state index contributed by atoms with van der Waals surface area (Å²) >= 11 is 0. The Morgan fingerprint density at radius 2 is 1.71 bits per heavy atom. The normalized spacial score (nSPS) is 20.1. The molecule has 0 atom stereocenters. The van der Waals surface area contributed by atoms with E-state index in [4.69, 9.17) is 0 Å². The molecule has 2 fully saturated rings. The van der Waals surface area contributed by atoms with Crippen molar-refractivity contribution in [2.45, 2.75) is 57.5 Å². The zero-order valence-corrected chi connectivity index (χ0v) is 14.5. The van der Waals surface area contributed by atoms with E-state index in [0.29, 0.717) is 0 Å². The SMILES string of the molecule is O=C(NCCC1CCCCC1)c1ccc(N2CCC(O)CC2)cc1. The fourth-order valence-electron chi connectivity index (χ4n) is 3.92. The molecule has 1 heterocycles. The lowest BCUT2D eigenvalue weighted by atomic mass is 9.87. The summed E-state index contributed by atoms with van der Waals surface area (Å²) in [6, 6.07) is 7.87. The number of carbonyl (C=O) groups is 1. The van der Waals surface area contributed by atoms with Crippen molar-refractivity contribution in [3.05, 3.63) is 29.8 Å². The monoisotopic (exact) mass is 330 g/mol. The van der Waals surface area contributed by atoms with Gasteiger partial charge in [0.1, 0.15) is 0 Å². The van der Waals surface area contributed by atoms with Gasteiger partial charge in [-0.15, -0.1) is 0 Å². The first kappa shape index (κ1) is 17.3. The maximum absolute atomic E-state index is 12.3. The molecule has 0 spiro atoms. The first-order valence-electron chi connectivity index (χ1n) is 9.53. The molecule has 4 heteroatoms. The molecule has 1 aromatic carbocycles. The van der Waals surface area contributed by atoms with E-state index < -0.39 is 0 Å². The highest BCUT2D eigenvalue weighted by atomic mass is 16.3. The predicted molar refractivity (Wildman–Crippen MR) is 97.4 cm³/mol. The van der Waals surface area contributed by atoms with E-state index in [0.717, 1.165) is 56.1 Å². The molecular formula is C20H30N2O2. The molecule has 0 bridgehead atoms. The molecule has 132 valence electrons. The van der Waals surface area contributed by atoms with Gasteiger partial charge in [-0.2, -0.15) is 0 Å². The van der Waals surface area contributed by atoms with Crippen molar-refractivity contribution in [1.29, 1.82) is 0 Å². The van der Waals surface area contributed by atoms with Gasteiger partial charge in [0.25, 0.3) is 5.91 Å². The molecule has 0 aromatic heterocycles. The highest BCUT2D eigenvalue weighted by Crippen LogP contribution is 2.25. The van der Waals surface area contributed by atoms with Crippen LogP contribution in [0.15, 0.2) is 24.3 Å². The standard InChI is InChI=1S/C20H30N2O2/c23-19-11-14-22(15-12-19)18-8-6-17(7-9-18)20(24)21-13-10-16-4-2-1-3-5-16/h6-9,16,19,23H,1-5,10-15H2,(H,21,24). The minimum Gasteiger partial charge on any atom is -0.393 e. The first-order chi connectivity index (χ1) is 11.7. The summed E-state index contributed by atoms with van der Waals surface area (Å²) in [5, 5.41) is 12.7. The number of amides is 1. The summed E-state index contributed by atoms with van der Waals surface area (Å²) in [5.41, 5.74) is 1.88. The van der Waals surface area contributed by atoms with Gasteiger partial charge in [0.05, 0.1) is 6.10 Å². The second kappa shape index (κ2) is 8.52. The third kappa shape index (κ3) is 4.73. The van der Waals surface area contributed by atoms with E-state index in [2.05, 4.69) is 10.2 Å². The van der Waals surface area contributed by atoms with Crippen LogP contribution >= 0.6 is 0 Å². The lowest BCUT2D eigenvalue weighted by molar-refractivity contribution is 0.0950. The minimum absolute atomic E-state index is 0.0337. The number of nitrogens with zero attached hydrogens (tertiary/aromatic N) is 1. The third-order valence-electron chi connectivity index (χ3n) is 5.52. The molecule has 3 rings (SSSR count). The van der Waals surface area contributed by atoms with Crippen molar-refractivity contribution >= 4 is 11.6 Å². The van der Waals surface area contributed by atoms with Crippen molar-refractivity contribution in [2.75, 3.05) is 24.5 Å². The Bertz CT molecular complexity index is 515. The Labute approximate surface area is 145 Å². The number of aliphatic hydroxyl groups is 1. The maximum atomic E-state index is 12.3. The van der Waals surface area contributed by atoms with Crippen LogP contribution in [-0.2, 0) is 0 Å². The van der Waals surface area contributed by atoms with E-state index in [1.807, 2.05) is 24.3 Å².